The van der Waals surface area contributed by atoms with Crippen molar-refractivity contribution in [3.05, 3.63) is 172 Å². The van der Waals surface area contributed by atoms with Gasteiger partial charge in [0.05, 0.1) is 56.3 Å². The van der Waals surface area contributed by atoms with Crippen LogP contribution in [0.25, 0.3) is 66.1 Å². The van der Waals surface area contributed by atoms with Crippen molar-refractivity contribution < 1.29 is 27.2 Å². The number of carbonyl (C=O) groups excluding carboxylic acids is 3. The van der Waals surface area contributed by atoms with Crippen LogP contribution in [0.1, 0.15) is 71.3 Å². The topological polar surface area (TPSA) is 208 Å². The average Bonchev–Trinajstić information content (AvgIpc) is 3.99. The van der Waals surface area contributed by atoms with Crippen LogP contribution < -0.4 is 16.0 Å². The molecule has 0 saturated carbocycles. The Labute approximate surface area is 431 Å². The molecule has 0 saturated heterocycles. The summed E-state index contributed by atoms with van der Waals surface area (Å²) in [5.41, 5.74) is 14.4. The molecular weight excluding hydrogens is 966 g/mol. The van der Waals surface area contributed by atoms with E-state index in [0.29, 0.717) is 72.1 Å². The standard InChI is InChI=1S/C20H17N3O3S.C20H17N3O.C19H14FN3O/c1-27(25,26)16-5-3-14(4-6-16)17-10-13(12-21)9-15-11-18-20(24)22-7-2-8-23(18)19(15)17;1-12-3-5-15(6-4-12)17-10-14(11-21)9-16-13(2)18-20(24)22-7-8-23(18)19(16)17;1-11-15-7-12(10-21)8-16(13-3-2-4-14(20)9-13)18(15)23-6-5-22-19(24)17(11)23/h3-6,9-11H,2,7-8H2,1H3,(H,22,24);3-6,9-10H,7-8H2,1-2H3,(H,22,24);2-4,7-9H,5-6H2,1H3,(H,22,24). The summed E-state index contributed by atoms with van der Waals surface area (Å²) in [6.07, 6.45) is 1.98. The number of benzene rings is 6. The molecule has 0 fully saturated rings. The number of nitriles is 3. The van der Waals surface area contributed by atoms with Gasteiger partial charge in [-0.2, -0.15) is 15.8 Å². The summed E-state index contributed by atoms with van der Waals surface area (Å²) in [5, 5.41) is 39.5. The first-order valence-corrected chi connectivity index (χ1v) is 26.2. The number of nitrogens with one attached hydrogen (secondary N) is 3. The Bertz CT molecular complexity index is 4130. The molecule has 0 aliphatic carbocycles. The molecule has 14 nitrogen and oxygen atoms in total. The molecule has 3 amide bonds. The van der Waals surface area contributed by atoms with Gasteiger partial charge in [0.2, 0.25) is 0 Å². The van der Waals surface area contributed by atoms with Crippen LogP contribution >= 0.6 is 0 Å². The Morgan fingerprint density at radius 2 is 1.03 bits per heavy atom. The summed E-state index contributed by atoms with van der Waals surface area (Å²) in [5.74, 6) is -0.606. The van der Waals surface area contributed by atoms with Crippen LogP contribution in [-0.4, -0.2) is 65.7 Å². The van der Waals surface area contributed by atoms with Crippen molar-refractivity contribution in [2.24, 2.45) is 0 Å². The number of aryl methyl sites for hydroxylation is 4. The highest BCUT2D eigenvalue weighted by molar-refractivity contribution is 7.90. The molecule has 0 atom stereocenters. The zero-order chi connectivity index (χ0) is 52.9. The SMILES string of the molecule is CS(=O)(=O)c1ccc(-c2cc(C#N)cc3cc4n(c23)CCCNC4=O)cc1.Cc1c2n(c3c(-c4cccc(F)c4)cc(C#N)cc13)CCNC2=O.Cc1ccc(-c2cc(C#N)cc3c(C)c4n(c23)CCNC4=O)cc1. The van der Waals surface area contributed by atoms with Gasteiger partial charge in [-0.15, -0.1) is 0 Å². The first kappa shape index (κ1) is 49.3. The molecule has 3 aromatic heterocycles. The largest absolute Gasteiger partial charge is 0.351 e. The Morgan fingerprint density at radius 1 is 0.533 bits per heavy atom. The van der Waals surface area contributed by atoms with Crippen molar-refractivity contribution >= 4 is 60.3 Å². The number of rotatable bonds is 4. The number of amides is 3. The fourth-order valence-corrected chi connectivity index (χ4v) is 11.2. The highest BCUT2D eigenvalue weighted by Crippen LogP contribution is 2.39. The van der Waals surface area contributed by atoms with Crippen LogP contribution in [-0.2, 0) is 29.5 Å². The quantitative estimate of drug-likeness (QED) is 0.154. The van der Waals surface area contributed by atoms with Crippen LogP contribution in [0.2, 0.25) is 0 Å². The van der Waals surface area contributed by atoms with Gasteiger partial charge in [0.15, 0.2) is 9.84 Å². The van der Waals surface area contributed by atoms with Crippen LogP contribution in [0.3, 0.4) is 0 Å². The smallest absolute Gasteiger partial charge is 0.268 e. The first-order chi connectivity index (χ1) is 36.1. The highest BCUT2D eigenvalue weighted by Gasteiger charge is 2.28. The molecule has 0 bridgehead atoms. The molecular formula is C59H48FN9O5S. The average molecular weight is 1010 g/mol. The minimum Gasteiger partial charge on any atom is -0.351 e. The number of carbonyl (C=O) groups is 3. The minimum absolute atomic E-state index is 0.0386. The molecule has 75 heavy (non-hydrogen) atoms. The second kappa shape index (κ2) is 19.6. The molecule has 16 heteroatoms. The van der Waals surface area contributed by atoms with Gasteiger partial charge < -0.3 is 29.7 Å². The van der Waals surface area contributed by atoms with E-state index in [1.807, 2.05) is 47.2 Å². The highest BCUT2D eigenvalue weighted by atomic mass is 32.2. The van der Waals surface area contributed by atoms with Crippen LogP contribution in [0, 0.1) is 60.6 Å². The number of hydrogen-bond acceptors (Lipinski definition) is 8. The third-order valence-electron chi connectivity index (χ3n) is 14.0. The molecule has 6 aromatic carbocycles. The van der Waals surface area contributed by atoms with E-state index in [9.17, 15) is 43.0 Å². The second-order valence-corrected chi connectivity index (χ2v) is 20.9. The molecule has 12 rings (SSSR count). The van der Waals surface area contributed by atoms with Gasteiger partial charge in [0, 0.05) is 78.4 Å². The maximum Gasteiger partial charge on any atom is 0.268 e. The number of aromatic nitrogens is 3. The molecule has 3 N–H and O–H groups in total. The molecule has 372 valence electrons. The van der Waals surface area contributed by atoms with Crippen LogP contribution in [0.15, 0.2) is 120 Å². The number of fused-ring (bicyclic) bond motifs is 9. The van der Waals surface area contributed by atoms with E-state index in [-0.39, 0.29) is 28.4 Å². The number of halogens is 1. The number of nitrogens with zero attached hydrogens (tertiary/aromatic N) is 6. The number of hydrogen-bond donors (Lipinski definition) is 3. The zero-order valence-electron chi connectivity index (χ0n) is 41.4. The van der Waals surface area contributed by atoms with E-state index in [2.05, 4.69) is 69.9 Å². The molecule has 3 aliphatic heterocycles. The van der Waals surface area contributed by atoms with E-state index < -0.39 is 9.84 Å². The maximum absolute atomic E-state index is 13.7. The van der Waals surface area contributed by atoms with Crippen molar-refractivity contribution in [1.82, 2.24) is 29.7 Å². The van der Waals surface area contributed by atoms with Gasteiger partial charge in [-0.05, 0) is 122 Å². The maximum atomic E-state index is 13.7. The Morgan fingerprint density at radius 3 is 1.55 bits per heavy atom. The van der Waals surface area contributed by atoms with Gasteiger partial charge in [0.1, 0.15) is 22.9 Å². The zero-order valence-corrected chi connectivity index (χ0v) is 42.2. The second-order valence-electron chi connectivity index (χ2n) is 18.9. The molecule has 9 aromatic rings. The van der Waals surface area contributed by atoms with Crippen molar-refractivity contribution in [2.45, 2.75) is 51.7 Å². The lowest BCUT2D eigenvalue weighted by Crippen LogP contribution is -2.35. The van der Waals surface area contributed by atoms with Crippen LogP contribution in [0.5, 0.6) is 0 Å². The summed E-state index contributed by atoms with van der Waals surface area (Å²) in [6, 6.07) is 40.5. The summed E-state index contributed by atoms with van der Waals surface area (Å²) >= 11 is 0. The third kappa shape index (κ3) is 9.04. The third-order valence-corrected chi connectivity index (χ3v) is 15.2. The van der Waals surface area contributed by atoms with Crippen LogP contribution in [0.4, 0.5) is 4.39 Å². The summed E-state index contributed by atoms with van der Waals surface area (Å²) in [6.45, 7) is 9.79. The van der Waals surface area contributed by atoms with E-state index in [1.54, 1.807) is 54.6 Å². The normalized spacial score (nSPS) is 13.8. The van der Waals surface area contributed by atoms with Gasteiger partial charge in [-0.1, -0.05) is 54.1 Å². The van der Waals surface area contributed by atoms with Gasteiger partial charge >= 0.3 is 0 Å². The summed E-state index contributed by atoms with van der Waals surface area (Å²) in [4.78, 5) is 37.2. The first-order valence-electron chi connectivity index (χ1n) is 24.3. The summed E-state index contributed by atoms with van der Waals surface area (Å²) in [7, 11) is -3.28. The van der Waals surface area contributed by atoms with E-state index in [4.69, 9.17) is 0 Å². The molecule has 0 unspecified atom stereocenters. The minimum atomic E-state index is -3.28. The van der Waals surface area contributed by atoms with Gasteiger partial charge in [-0.25, -0.2) is 12.8 Å². The Kier molecular flexibility index (Phi) is 12.9. The predicted octanol–water partition coefficient (Wildman–Crippen LogP) is 9.63. The van der Waals surface area contributed by atoms with Crippen molar-refractivity contribution in [2.75, 3.05) is 25.9 Å². The predicted molar refractivity (Wildman–Crippen MR) is 285 cm³/mol. The van der Waals surface area contributed by atoms with Crippen molar-refractivity contribution in [1.29, 1.82) is 15.8 Å². The van der Waals surface area contributed by atoms with E-state index in [0.717, 1.165) is 84.6 Å². The lowest BCUT2D eigenvalue weighted by molar-refractivity contribution is 0.0920. The molecule has 0 spiro atoms. The van der Waals surface area contributed by atoms with E-state index in [1.165, 1.54) is 24.0 Å². The molecule has 0 radical (unpaired) electrons. The van der Waals surface area contributed by atoms with Gasteiger partial charge in [0.25, 0.3) is 17.7 Å². The number of sulfone groups is 1. The fraction of sp³-hybridized carbons (Fsp3) is 0.186. The molecule has 3 aliphatic rings. The summed E-state index contributed by atoms with van der Waals surface area (Å²) < 4.78 is 43.2. The Hall–Kier alpha value is -9.30. The monoisotopic (exact) mass is 1010 g/mol. The fourth-order valence-electron chi connectivity index (χ4n) is 10.6. The molecule has 6 heterocycles. The van der Waals surface area contributed by atoms with Gasteiger partial charge in [-0.3, -0.25) is 14.4 Å². The van der Waals surface area contributed by atoms with Crippen molar-refractivity contribution in [3.8, 4) is 51.6 Å². The van der Waals surface area contributed by atoms with E-state index >= 15 is 0 Å². The lowest BCUT2D eigenvalue weighted by Gasteiger charge is -2.18. The lowest BCUT2D eigenvalue weighted by atomic mass is 9.98. The Balaban J connectivity index is 0.000000129. The van der Waals surface area contributed by atoms with Crippen molar-refractivity contribution in [3.63, 3.8) is 0 Å².